The maximum absolute atomic E-state index is 5.27. The highest BCUT2D eigenvalue weighted by atomic mass is 16.5. The van der Waals surface area contributed by atoms with Crippen LogP contribution in [0.3, 0.4) is 0 Å². The summed E-state index contributed by atoms with van der Waals surface area (Å²) in [5.74, 6) is 0.874. The molecule has 1 fully saturated rings. The van der Waals surface area contributed by atoms with Crippen LogP contribution in [0.5, 0.6) is 5.75 Å². The molecule has 1 aliphatic rings. The molecule has 4 nitrogen and oxygen atoms in total. The quantitative estimate of drug-likeness (QED) is 0.870. The van der Waals surface area contributed by atoms with Crippen LogP contribution >= 0.6 is 0 Å². The van der Waals surface area contributed by atoms with Crippen molar-refractivity contribution in [1.82, 2.24) is 15.5 Å². The molecule has 4 heteroatoms. The molecule has 3 rings (SSSR count). The first-order valence-electron chi connectivity index (χ1n) is 6.29. The van der Waals surface area contributed by atoms with Crippen LogP contribution in [0.4, 0.5) is 0 Å². The highest BCUT2D eigenvalue weighted by Gasteiger charge is 2.21. The van der Waals surface area contributed by atoms with Crippen molar-refractivity contribution in [2.45, 2.75) is 18.9 Å². The number of nitrogens with one attached hydrogen (secondary N) is 2. The van der Waals surface area contributed by atoms with E-state index >= 15 is 0 Å². The average molecular weight is 243 g/mol. The molecule has 1 aromatic heterocycles. The van der Waals surface area contributed by atoms with E-state index in [4.69, 9.17) is 4.74 Å². The van der Waals surface area contributed by atoms with E-state index in [1.165, 1.54) is 18.5 Å². The zero-order valence-corrected chi connectivity index (χ0v) is 10.4. The van der Waals surface area contributed by atoms with Gasteiger partial charge in [0.1, 0.15) is 5.75 Å². The van der Waals surface area contributed by atoms with E-state index in [1.807, 2.05) is 24.4 Å². The van der Waals surface area contributed by atoms with Crippen molar-refractivity contribution in [1.29, 1.82) is 0 Å². The van der Waals surface area contributed by atoms with Crippen LogP contribution < -0.4 is 10.1 Å². The molecule has 2 aromatic rings. The van der Waals surface area contributed by atoms with Crippen LogP contribution in [0.15, 0.2) is 30.5 Å². The zero-order chi connectivity index (χ0) is 12.4. The molecule has 2 N–H and O–H groups in total. The summed E-state index contributed by atoms with van der Waals surface area (Å²) in [6.45, 7) is 1.08. The third kappa shape index (κ3) is 1.99. The number of nitrogens with zero attached hydrogens (tertiary/aromatic N) is 1. The van der Waals surface area contributed by atoms with Gasteiger partial charge in [0.05, 0.1) is 19.0 Å². The predicted molar refractivity (Wildman–Crippen MR) is 70.6 cm³/mol. The van der Waals surface area contributed by atoms with Gasteiger partial charge in [0.2, 0.25) is 0 Å². The van der Waals surface area contributed by atoms with Gasteiger partial charge in [-0.25, -0.2) is 0 Å². The van der Waals surface area contributed by atoms with Gasteiger partial charge in [-0.1, -0.05) is 12.1 Å². The van der Waals surface area contributed by atoms with E-state index in [9.17, 15) is 0 Å². The van der Waals surface area contributed by atoms with Gasteiger partial charge in [-0.3, -0.25) is 5.10 Å². The number of hydrogen-bond acceptors (Lipinski definition) is 3. The molecule has 0 saturated carbocycles. The standard InChI is InChI=1S/C14H17N3O/c1-18-11-5-2-4-10(8-11)12-9-16-17-14(12)13-6-3-7-15-13/h2,4-5,8-9,13,15H,3,6-7H2,1H3,(H,16,17)/t13-/m0/s1. The number of aromatic nitrogens is 2. The van der Waals surface area contributed by atoms with E-state index in [-0.39, 0.29) is 0 Å². The van der Waals surface area contributed by atoms with Gasteiger partial charge in [-0.05, 0) is 37.1 Å². The number of benzene rings is 1. The van der Waals surface area contributed by atoms with E-state index in [0.717, 1.165) is 23.4 Å². The van der Waals surface area contributed by atoms with Crippen molar-refractivity contribution in [2.24, 2.45) is 0 Å². The second-order valence-electron chi connectivity index (χ2n) is 4.58. The average Bonchev–Trinajstić information content (AvgIpc) is 3.09. The maximum Gasteiger partial charge on any atom is 0.119 e. The lowest BCUT2D eigenvalue weighted by Crippen LogP contribution is -2.14. The Labute approximate surface area is 106 Å². The van der Waals surface area contributed by atoms with E-state index in [0.29, 0.717) is 6.04 Å². The van der Waals surface area contributed by atoms with Crippen LogP contribution in [-0.2, 0) is 0 Å². The van der Waals surface area contributed by atoms with Gasteiger partial charge in [-0.15, -0.1) is 0 Å². The van der Waals surface area contributed by atoms with Crippen molar-refractivity contribution < 1.29 is 4.74 Å². The predicted octanol–water partition coefficient (Wildman–Crippen LogP) is 2.51. The third-order valence-electron chi connectivity index (χ3n) is 3.46. The van der Waals surface area contributed by atoms with Crippen LogP contribution in [-0.4, -0.2) is 23.9 Å². The summed E-state index contributed by atoms with van der Waals surface area (Å²) in [5, 5.41) is 10.8. The number of rotatable bonds is 3. The van der Waals surface area contributed by atoms with Crippen LogP contribution in [0.25, 0.3) is 11.1 Å². The van der Waals surface area contributed by atoms with Gasteiger partial charge >= 0.3 is 0 Å². The first-order valence-corrected chi connectivity index (χ1v) is 6.29. The van der Waals surface area contributed by atoms with E-state index < -0.39 is 0 Å². The molecule has 18 heavy (non-hydrogen) atoms. The van der Waals surface area contributed by atoms with Crippen LogP contribution in [0, 0.1) is 0 Å². The largest absolute Gasteiger partial charge is 0.497 e. The summed E-state index contributed by atoms with van der Waals surface area (Å²) in [7, 11) is 1.69. The second kappa shape index (κ2) is 4.82. The molecular weight excluding hydrogens is 226 g/mol. The van der Waals surface area contributed by atoms with Crippen LogP contribution in [0.2, 0.25) is 0 Å². The van der Waals surface area contributed by atoms with Gasteiger partial charge in [0, 0.05) is 11.6 Å². The Morgan fingerprint density at radius 1 is 1.39 bits per heavy atom. The Morgan fingerprint density at radius 2 is 2.33 bits per heavy atom. The molecule has 1 aliphatic heterocycles. The minimum Gasteiger partial charge on any atom is -0.497 e. The summed E-state index contributed by atoms with van der Waals surface area (Å²) >= 11 is 0. The fraction of sp³-hybridized carbons (Fsp3) is 0.357. The lowest BCUT2D eigenvalue weighted by molar-refractivity contribution is 0.415. The maximum atomic E-state index is 5.27. The summed E-state index contributed by atoms with van der Waals surface area (Å²) in [4.78, 5) is 0. The van der Waals surface area contributed by atoms with Crippen molar-refractivity contribution >= 4 is 0 Å². The highest BCUT2D eigenvalue weighted by Crippen LogP contribution is 2.32. The molecule has 1 saturated heterocycles. The topological polar surface area (TPSA) is 49.9 Å². The summed E-state index contributed by atoms with van der Waals surface area (Å²) < 4.78 is 5.27. The van der Waals surface area contributed by atoms with Crippen molar-refractivity contribution in [3.05, 3.63) is 36.2 Å². The van der Waals surface area contributed by atoms with E-state index in [2.05, 4.69) is 21.6 Å². The van der Waals surface area contributed by atoms with E-state index in [1.54, 1.807) is 7.11 Å². The molecule has 0 aliphatic carbocycles. The number of methoxy groups -OCH3 is 1. The van der Waals surface area contributed by atoms with Crippen molar-refractivity contribution in [3.63, 3.8) is 0 Å². The summed E-state index contributed by atoms with van der Waals surface area (Å²) in [6.07, 6.45) is 4.28. The molecule has 0 unspecified atom stereocenters. The molecular formula is C14H17N3O. The van der Waals surface area contributed by atoms with Gasteiger partial charge in [0.25, 0.3) is 0 Å². The number of hydrogen-bond donors (Lipinski definition) is 2. The van der Waals surface area contributed by atoms with Gasteiger partial charge in [0.15, 0.2) is 0 Å². The molecule has 0 spiro atoms. The number of aromatic amines is 1. The molecule has 1 aromatic carbocycles. The Kier molecular flexibility index (Phi) is 3.02. The molecule has 0 bridgehead atoms. The summed E-state index contributed by atoms with van der Waals surface area (Å²) in [6, 6.07) is 8.49. The minimum atomic E-state index is 0.397. The van der Waals surface area contributed by atoms with Gasteiger partial charge in [-0.2, -0.15) is 5.10 Å². The zero-order valence-electron chi connectivity index (χ0n) is 10.4. The Balaban J connectivity index is 1.98. The smallest absolute Gasteiger partial charge is 0.119 e. The number of ether oxygens (including phenoxy) is 1. The second-order valence-corrected chi connectivity index (χ2v) is 4.58. The first kappa shape index (κ1) is 11.3. The van der Waals surface area contributed by atoms with Crippen molar-refractivity contribution in [3.8, 4) is 16.9 Å². The Hall–Kier alpha value is -1.81. The normalized spacial score (nSPS) is 19.1. The number of H-pyrrole nitrogens is 1. The molecule has 2 heterocycles. The fourth-order valence-corrected chi connectivity index (χ4v) is 2.51. The first-order chi connectivity index (χ1) is 8.88. The third-order valence-corrected chi connectivity index (χ3v) is 3.46. The Morgan fingerprint density at radius 3 is 3.11 bits per heavy atom. The lowest BCUT2D eigenvalue weighted by Gasteiger charge is -2.11. The highest BCUT2D eigenvalue weighted by molar-refractivity contribution is 5.67. The molecule has 94 valence electrons. The fourth-order valence-electron chi connectivity index (χ4n) is 2.51. The van der Waals surface area contributed by atoms with Gasteiger partial charge < -0.3 is 10.1 Å². The van der Waals surface area contributed by atoms with Crippen LogP contribution in [0.1, 0.15) is 24.6 Å². The molecule has 0 amide bonds. The monoisotopic (exact) mass is 243 g/mol. The molecule has 1 atom stereocenters. The molecule has 0 radical (unpaired) electrons. The Bertz CT molecular complexity index is 529. The van der Waals surface area contributed by atoms with Crippen molar-refractivity contribution in [2.75, 3.05) is 13.7 Å². The lowest BCUT2D eigenvalue weighted by atomic mass is 10.0. The SMILES string of the molecule is COc1cccc(-c2cn[nH]c2[C@@H]2CCCN2)c1. The minimum absolute atomic E-state index is 0.397. The summed E-state index contributed by atoms with van der Waals surface area (Å²) in [5.41, 5.74) is 3.49.